The minimum absolute atomic E-state index is 0.0477. The molecule has 0 heterocycles. The summed E-state index contributed by atoms with van der Waals surface area (Å²) >= 11 is 0. The lowest BCUT2D eigenvalue weighted by Gasteiger charge is -2.32. The summed E-state index contributed by atoms with van der Waals surface area (Å²) in [7, 11) is 0. The number of hydrogen-bond donors (Lipinski definition) is 3. The number of nitrogens with one attached hydrogen (secondary N) is 2. The van der Waals surface area contributed by atoms with Crippen molar-refractivity contribution < 1.29 is 14.7 Å². The van der Waals surface area contributed by atoms with Gasteiger partial charge in [0.25, 0.3) is 0 Å². The van der Waals surface area contributed by atoms with Crippen LogP contribution >= 0.6 is 0 Å². The van der Waals surface area contributed by atoms with Gasteiger partial charge in [-0.05, 0) is 40.0 Å². The van der Waals surface area contributed by atoms with E-state index in [4.69, 9.17) is 5.11 Å². The molecule has 0 aromatic rings. The van der Waals surface area contributed by atoms with Gasteiger partial charge < -0.3 is 15.7 Å². The molecule has 0 aliphatic carbocycles. The molecule has 5 nitrogen and oxygen atoms in total. The minimum Gasteiger partial charge on any atom is -0.481 e. The summed E-state index contributed by atoms with van der Waals surface area (Å²) in [5.41, 5.74) is -0.738. The Kier molecular flexibility index (Phi) is 6.15. The molecule has 2 amide bonds. The van der Waals surface area contributed by atoms with E-state index in [0.29, 0.717) is 6.42 Å². The van der Waals surface area contributed by atoms with Crippen LogP contribution in [0.1, 0.15) is 60.3 Å². The summed E-state index contributed by atoms with van der Waals surface area (Å²) in [5, 5.41) is 14.4. The molecule has 18 heavy (non-hydrogen) atoms. The predicted octanol–water partition coefficient (Wildman–Crippen LogP) is 2.51. The fourth-order valence-electron chi connectivity index (χ4n) is 1.52. The van der Waals surface area contributed by atoms with Crippen LogP contribution in [0.5, 0.6) is 0 Å². The standard InChI is InChI=1S/C13H26N2O3/c1-6-13(5,7-2)15-11(18)14-12(3,4)9-8-10(16)17/h6-9H2,1-5H3,(H,16,17)(H2,14,15,18). The van der Waals surface area contributed by atoms with Crippen molar-refractivity contribution in [1.82, 2.24) is 10.6 Å². The molecule has 0 aliphatic heterocycles. The molecular weight excluding hydrogens is 232 g/mol. The van der Waals surface area contributed by atoms with Gasteiger partial charge in [0.15, 0.2) is 0 Å². The third kappa shape index (κ3) is 6.47. The first-order valence-corrected chi connectivity index (χ1v) is 6.46. The summed E-state index contributed by atoms with van der Waals surface area (Å²) < 4.78 is 0. The summed E-state index contributed by atoms with van der Waals surface area (Å²) in [6.45, 7) is 9.70. The average molecular weight is 258 g/mol. The van der Waals surface area contributed by atoms with Crippen molar-refractivity contribution in [2.45, 2.75) is 71.4 Å². The van der Waals surface area contributed by atoms with Crippen molar-refractivity contribution in [2.24, 2.45) is 0 Å². The average Bonchev–Trinajstić information content (AvgIpc) is 2.25. The van der Waals surface area contributed by atoms with E-state index >= 15 is 0 Å². The van der Waals surface area contributed by atoms with E-state index in [1.54, 1.807) is 0 Å². The molecule has 0 saturated carbocycles. The van der Waals surface area contributed by atoms with E-state index in [1.807, 2.05) is 34.6 Å². The van der Waals surface area contributed by atoms with Gasteiger partial charge in [0.05, 0.1) is 0 Å². The summed E-state index contributed by atoms with van der Waals surface area (Å²) in [4.78, 5) is 22.4. The molecule has 106 valence electrons. The molecule has 0 fully saturated rings. The third-order valence-corrected chi connectivity index (χ3v) is 3.39. The molecule has 0 aromatic heterocycles. The second kappa shape index (κ2) is 6.61. The first kappa shape index (κ1) is 16.7. The molecule has 0 unspecified atom stereocenters. The molecule has 0 saturated heterocycles. The molecule has 0 aliphatic rings. The Morgan fingerprint density at radius 2 is 1.56 bits per heavy atom. The van der Waals surface area contributed by atoms with Crippen molar-refractivity contribution in [2.75, 3.05) is 0 Å². The van der Waals surface area contributed by atoms with Crippen molar-refractivity contribution in [3.05, 3.63) is 0 Å². The first-order valence-electron chi connectivity index (χ1n) is 6.46. The fourth-order valence-corrected chi connectivity index (χ4v) is 1.52. The van der Waals surface area contributed by atoms with Crippen LogP contribution < -0.4 is 10.6 Å². The molecule has 3 N–H and O–H groups in total. The van der Waals surface area contributed by atoms with Crippen LogP contribution in [0.4, 0.5) is 4.79 Å². The van der Waals surface area contributed by atoms with Gasteiger partial charge in [-0.3, -0.25) is 4.79 Å². The number of amides is 2. The highest BCUT2D eigenvalue weighted by Crippen LogP contribution is 2.15. The summed E-state index contributed by atoms with van der Waals surface area (Å²) in [5.74, 6) is -0.850. The molecule has 0 aromatic carbocycles. The lowest BCUT2D eigenvalue weighted by Crippen LogP contribution is -2.55. The third-order valence-electron chi connectivity index (χ3n) is 3.39. The van der Waals surface area contributed by atoms with Gasteiger partial charge >= 0.3 is 12.0 Å². The normalized spacial score (nSPS) is 12.1. The van der Waals surface area contributed by atoms with Crippen LogP contribution in [0.25, 0.3) is 0 Å². The van der Waals surface area contributed by atoms with E-state index in [1.165, 1.54) is 0 Å². The second-order valence-electron chi connectivity index (χ2n) is 5.62. The van der Waals surface area contributed by atoms with E-state index in [0.717, 1.165) is 12.8 Å². The summed E-state index contributed by atoms with van der Waals surface area (Å²) in [6.07, 6.45) is 2.16. The monoisotopic (exact) mass is 258 g/mol. The zero-order chi connectivity index (χ0) is 14.4. The Labute approximate surface area is 109 Å². The Hall–Kier alpha value is -1.26. The Morgan fingerprint density at radius 1 is 1.06 bits per heavy atom. The largest absolute Gasteiger partial charge is 0.481 e. The molecular formula is C13H26N2O3. The molecule has 0 spiro atoms. The maximum atomic E-state index is 11.9. The van der Waals surface area contributed by atoms with Crippen LogP contribution in [-0.4, -0.2) is 28.2 Å². The fraction of sp³-hybridized carbons (Fsp3) is 0.846. The molecule has 0 atom stereocenters. The predicted molar refractivity (Wildman–Crippen MR) is 71.6 cm³/mol. The van der Waals surface area contributed by atoms with E-state index in [2.05, 4.69) is 10.6 Å². The number of urea groups is 1. The number of carbonyl (C=O) groups excluding carboxylic acids is 1. The van der Waals surface area contributed by atoms with Crippen LogP contribution in [0.2, 0.25) is 0 Å². The lowest BCUT2D eigenvalue weighted by atomic mass is 9.95. The maximum absolute atomic E-state index is 11.9. The highest BCUT2D eigenvalue weighted by Gasteiger charge is 2.26. The number of carboxylic acid groups (broad SMARTS) is 1. The number of carboxylic acids is 1. The van der Waals surface area contributed by atoms with Gasteiger partial charge in [0.2, 0.25) is 0 Å². The smallest absolute Gasteiger partial charge is 0.315 e. The number of hydrogen-bond acceptors (Lipinski definition) is 2. The van der Waals surface area contributed by atoms with E-state index in [9.17, 15) is 9.59 Å². The highest BCUT2D eigenvalue weighted by atomic mass is 16.4. The van der Waals surface area contributed by atoms with Crippen LogP contribution in [-0.2, 0) is 4.79 Å². The highest BCUT2D eigenvalue weighted by molar-refractivity contribution is 5.75. The SMILES string of the molecule is CCC(C)(CC)NC(=O)NC(C)(C)CCC(=O)O. The maximum Gasteiger partial charge on any atom is 0.315 e. The Balaban J connectivity index is 4.33. The van der Waals surface area contributed by atoms with Gasteiger partial charge in [-0.25, -0.2) is 4.79 Å². The topological polar surface area (TPSA) is 78.4 Å². The Bertz CT molecular complexity index is 297. The van der Waals surface area contributed by atoms with Crippen molar-refractivity contribution >= 4 is 12.0 Å². The van der Waals surface area contributed by atoms with Crippen molar-refractivity contribution in [1.29, 1.82) is 0 Å². The summed E-state index contributed by atoms with van der Waals surface area (Å²) in [6, 6.07) is -0.239. The van der Waals surface area contributed by atoms with Crippen LogP contribution in [0.3, 0.4) is 0 Å². The van der Waals surface area contributed by atoms with Gasteiger partial charge in [0, 0.05) is 17.5 Å². The van der Waals surface area contributed by atoms with E-state index < -0.39 is 11.5 Å². The molecule has 0 rings (SSSR count). The van der Waals surface area contributed by atoms with Crippen LogP contribution in [0.15, 0.2) is 0 Å². The number of rotatable bonds is 7. The van der Waals surface area contributed by atoms with Crippen LogP contribution in [0, 0.1) is 0 Å². The van der Waals surface area contributed by atoms with Crippen molar-refractivity contribution in [3.8, 4) is 0 Å². The first-order chi connectivity index (χ1) is 8.14. The molecule has 5 heteroatoms. The zero-order valence-electron chi connectivity index (χ0n) is 12.1. The van der Waals surface area contributed by atoms with Gasteiger partial charge in [-0.2, -0.15) is 0 Å². The van der Waals surface area contributed by atoms with Crippen molar-refractivity contribution in [3.63, 3.8) is 0 Å². The molecule has 0 radical (unpaired) electrons. The van der Waals surface area contributed by atoms with Gasteiger partial charge in [-0.15, -0.1) is 0 Å². The quantitative estimate of drug-likeness (QED) is 0.656. The number of carbonyl (C=O) groups is 2. The lowest BCUT2D eigenvalue weighted by molar-refractivity contribution is -0.137. The number of aliphatic carboxylic acids is 1. The van der Waals surface area contributed by atoms with Gasteiger partial charge in [0.1, 0.15) is 0 Å². The second-order valence-corrected chi connectivity index (χ2v) is 5.62. The van der Waals surface area contributed by atoms with Gasteiger partial charge in [-0.1, -0.05) is 13.8 Å². The molecule has 0 bridgehead atoms. The van der Waals surface area contributed by atoms with E-state index in [-0.39, 0.29) is 18.0 Å². The Morgan fingerprint density at radius 3 is 1.94 bits per heavy atom. The zero-order valence-corrected chi connectivity index (χ0v) is 12.1. The minimum atomic E-state index is -0.850.